The summed E-state index contributed by atoms with van der Waals surface area (Å²) < 4.78 is 32.7. The predicted molar refractivity (Wildman–Crippen MR) is 109 cm³/mol. The summed E-state index contributed by atoms with van der Waals surface area (Å²) in [4.78, 5) is 25.1. The fourth-order valence-electron chi connectivity index (χ4n) is 3.16. The number of hydrogen-bond donors (Lipinski definition) is 2. The van der Waals surface area contributed by atoms with E-state index in [9.17, 15) is 18.0 Å². The molecule has 29 heavy (non-hydrogen) atoms. The van der Waals surface area contributed by atoms with Crippen LogP contribution in [0.4, 0.5) is 11.4 Å². The van der Waals surface area contributed by atoms with Gasteiger partial charge in [-0.05, 0) is 54.4 Å². The maximum atomic E-state index is 12.5. The van der Waals surface area contributed by atoms with Gasteiger partial charge in [-0.15, -0.1) is 0 Å². The van der Waals surface area contributed by atoms with Gasteiger partial charge in [0.1, 0.15) is 5.75 Å². The molecule has 0 saturated carbocycles. The van der Waals surface area contributed by atoms with Gasteiger partial charge in [0.05, 0.1) is 12.0 Å². The maximum absolute atomic E-state index is 12.5. The van der Waals surface area contributed by atoms with E-state index in [0.29, 0.717) is 18.0 Å². The van der Waals surface area contributed by atoms with E-state index < -0.39 is 10.0 Å². The third-order valence-electron chi connectivity index (χ3n) is 4.64. The fraction of sp³-hybridized carbons (Fsp3) is 0.300. The van der Waals surface area contributed by atoms with E-state index in [1.165, 1.54) is 31.2 Å². The lowest BCUT2D eigenvalue weighted by Gasteiger charge is -2.17. The van der Waals surface area contributed by atoms with Crippen molar-refractivity contribution in [3.05, 3.63) is 48.5 Å². The van der Waals surface area contributed by atoms with Crippen LogP contribution in [0.2, 0.25) is 0 Å². The van der Waals surface area contributed by atoms with E-state index >= 15 is 0 Å². The number of carbonyl (C=O) groups excluding carboxylic acids is 2. The van der Waals surface area contributed by atoms with Crippen molar-refractivity contribution < 1.29 is 22.7 Å². The molecular weight excluding hydrogens is 394 g/mol. The van der Waals surface area contributed by atoms with Crippen LogP contribution in [-0.2, 0) is 19.6 Å². The van der Waals surface area contributed by atoms with Crippen molar-refractivity contribution in [1.29, 1.82) is 0 Å². The van der Waals surface area contributed by atoms with Gasteiger partial charge in [-0.3, -0.25) is 9.59 Å². The van der Waals surface area contributed by atoms with Crippen LogP contribution in [0.1, 0.15) is 13.3 Å². The Bertz CT molecular complexity index is 988. The minimum Gasteiger partial charge on any atom is -0.497 e. The molecule has 9 heteroatoms. The number of hydrogen-bond acceptors (Lipinski definition) is 5. The smallest absolute Gasteiger partial charge is 0.240 e. The summed E-state index contributed by atoms with van der Waals surface area (Å²) in [6.45, 7) is 1.98. The molecule has 2 N–H and O–H groups in total. The Labute approximate surface area is 169 Å². The second-order valence-corrected chi connectivity index (χ2v) is 8.60. The lowest BCUT2D eigenvalue weighted by molar-refractivity contribution is -0.117. The van der Waals surface area contributed by atoms with Crippen molar-refractivity contribution in [2.45, 2.75) is 18.2 Å². The van der Waals surface area contributed by atoms with E-state index in [4.69, 9.17) is 4.74 Å². The second-order valence-electron chi connectivity index (χ2n) is 6.83. The first-order valence-electron chi connectivity index (χ1n) is 9.10. The molecule has 1 heterocycles. The van der Waals surface area contributed by atoms with E-state index in [-0.39, 0.29) is 35.6 Å². The van der Waals surface area contributed by atoms with Crippen molar-refractivity contribution in [3.8, 4) is 5.75 Å². The molecule has 0 bridgehead atoms. The van der Waals surface area contributed by atoms with Crippen LogP contribution in [0, 0.1) is 5.92 Å². The zero-order valence-corrected chi connectivity index (χ0v) is 17.0. The van der Waals surface area contributed by atoms with E-state index in [1.54, 1.807) is 36.3 Å². The molecule has 2 aromatic carbocycles. The molecule has 1 saturated heterocycles. The number of amides is 2. The average Bonchev–Trinajstić information content (AvgIpc) is 3.07. The van der Waals surface area contributed by atoms with Crippen LogP contribution in [0.25, 0.3) is 0 Å². The Balaban J connectivity index is 1.60. The molecule has 0 aromatic heterocycles. The average molecular weight is 417 g/mol. The van der Waals surface area contributed by atoms with E-state index in [1.807, 2.05) is 0 Å². The van der Waals surface area contributed by atoms with Gasteiger partial charge in [-0.1, -0.05) is 0 Å². The maximum Gasteiger partial charge on any atom is 0.240 e. The topological polar surface area (TPSA) is 105 Å². The first kappa shape index (κ1) is 20.8. The summed E-state index contributed by atoms with van der Waals surface area (Å²) >= 11 is 0. The van der Waals surface area contributed by atoms with Gasteiger partial charge < -0.3 is 15.0 Å². The summed E-state index contributed by atoms with van der Waals surface area (Å²) in [7, 11) is -2.14. The SMILES string of the molecule is COc1ccc(N2CC(CNS(=O)(=O)c3ccc(NC(C)=O)cc3)CC2=O)cc1. The predicted octanol–water partition coefficient (Wildman–Crippen LogP) is 1.98. The second kappa shape index (κ2) is 8.62. The molecule has 154 valence electrons. The van der Waals surface area contributed by atoms with Crippen LogP contribution >= 0.6 is 0 Å². The Morgan fingerprint density at radius 1 is 1.14 bits per heavy atom. The molecule has 2 aromatic rings. The van der Waals surface area contributed by atoms with Gasteiger partial charge in [-0.2, -0.15) is 0 Å². The van der Waals surface area contributed by atoms with Gasteiger partial charge >= 0.3 is 0 Å². The van der Waals surface area contributed by atoms with Crippen molar-refractivity contribution in [3.63, 3.8) is 0 Å². The number of anilines is 2. The summed E-state index contributed by atoms with van der Waals surface area (Å²) in [5.74, 6) is 0.303. The highest BCUT2D eigenvalue weighted by Crippen LogP contribution is 2.26. The molecule has 1 atom stereocenters. The van der Waals surface area contributed by atoms with Crippen LogP contribution in [0.15, 0.2) is 53.4 Å². The van der Waals surface area contributed by atoms with Crippen molar-refractivity contribution >= 4 is 33.2 Å². The molecular formula is C20H23N3O5S. The van der Waals surface area contributed by atoms with Gasteiger partial charge in [-0.25, -0.2) is 13.1 Å². The van der Waals surface area contributed by atoms with Crippen LogP contribution in [-0.4, -0.2) is 40.4 Å². The number of benzene rings is 2. The lowest BCUT2D eigenvalue weighted by Crippen LogP contribution is -2.31. The Morgan fingerprint density at radius 3 is 2.38 bits per heavy atom. The molecule has 8 nitrogen and oxygen atoms in total. The monoisotopic (exact) mass is 417 g/mol. The minimum absolute atomic E-state index is 0.0426. The van der Waals surface area contributed by atoms with Crippen LogP contribution in [0.5, 0.6) is 5.75 Å². The first-order chi connectivity index (χ1) is 13.8. The third-order valence-corrected chi connectivity index (χ3v) is 6.08. The number of rotatable bonds is 7. The normalized spacial score (nSPS) is 16.7. The zero-order chi connectivity index (χ0) is 21.0. The minimum atomic E-state index is -3.71. The summed E-state index contributed by atoms with van der Waals surface area (Å²) in [6.07, 6.45) is 0.274. The van der Waals surface area contributed by atoms with Crippen molar-refractivity contribution in [1.82, 2.24) is 4.72 Å². The Kier molecular flexibility index (Phi) is 6.19. The van der Waals surface area contributed by atoms with Crippen LogP contribution < -0.4 is 19.7 Å². The zero-order valence-electron chi connectivity index (χ0n) is 16.2. The fourth-order valence-corrected chi connectivity index (χ4v) is 4.28. The van der Waals surface area contributed by atoms with Gasteiger partial charge in [0.15, 0.2) is 0 Å². The Morgan fingerprint density at radius 2 is 1.79 bits per heavy atom. The number of nitrogens with one attached hydrogen (secondary N) is 2. The van der Waals surface area contributed by atoms with E-state index in [2.05, 4.69) is 10.0 Å². The summed E-state index contributed by atoms with van der Waals surface area (Å²) in [5.41, 5.74) is 1.28. The molecule has 0 aliphatic carbocycles. The molecule has 1 aliphatic rings. The van der Waals surface area contributed by atoms with E-state index in [0.717, 1.165) is 5.69 Å². The molecule has 1 aliphatic heterocycles. The van der Waals surface area contributed by atoms with Gasteiger partial charge in [0.25, 0.3) is 0 Å². The summed E-state index contributed by atoms with van der Waals surface area (Å²) in [5, 5.41) is 2.59. The standard InChI is InChI=1S/C20H23N3O5S/c1-14(24)22-16-3-9-19(10-4-16)29(26,27)21-12-15-11-20(25)23(13-15)17-5-7-18(28-2)8-6-17/h3-10,15,21H,11-13H2,1-2H3,(H,22,24). The number of methoxy groups -OCH3 is 1. The van der Waals surface area contributed by atoms with Gasteiger partial charge in [0.2, 0.25) is 21.8 Å². The molecule has 0 spiro atoms. The highest BCUT2D eigenvalue weighted by atomic mass is 32.2. The lowest BCUT2D eigenvalue weighted by atomic mass is 10.1. The number of carbonyl (C=O) groups is 2. The molecule has 2 amide bonds. The Hall–Kier alpha value is -2.91. The van der Waals surface area contributed by atoms with Crippen molar-refractivity contribution in [2.24, 2.45) is 5.92 Å². The number of nitrogens with zero attached hydrogens (tertiary/aromatic N) is 1. The molecule has 1 fully saturated rings. The molecule has 0 radical (unpaired) electrons. The van der Waals surface area contributed by atoms with Crippen molar-refractivity contribution in [2.75, 3.05) is 30.4 Å². The summed E-state index contributed by atoms with van der Waals surface area (Å²) in [6, 6.07) is 13.1. The highest BCUT2D eigenvalue weighted by Gasteiger charge is 2.31. The first-order valence-corrected chi connectivity index (χ1v) is 10.6. The number of ether oxygens (including phenoxy) is 1. The number of sulfonamides is 1. The van der Waals surface area contributed by atoms with Crippen LogP contribution in [0.3, 0.4) is 0 Å². The molecule has 3 rings (SSSR count). The van der Waals surface area contributed by atoms with Gasteiger partial charge in [0, 0.05) is 37.8 Å². The molecule has 1 unspecified atom stereocenters. The highest BCUT2D eigenvalue weighted by molar-refractivity contribution is 7.89. The largest absolute Gasteiger partial charge is 0.497 e. The third kappa shape index (κ3) is 5.12. The quantitative estimate of drug-likeness (QED) is 0.717.